The highest BCUT2D eigenvalue weighted by atomic mass is 32.2. The van der Waals surface area contributed by atoms with Crippen LogP contribution in [0.3, 0.4) is 0 Å². The second kappa shape index (κ2) is 16.7. The maximum atomic E-state index is 14.1. The number of fused-ring (bicyclic) bond motifs is 2. The Kier molecular flexibility index (Phi) is 11.8. The third-order valence-electron chi connectivity index (χ3n) is 10.1. The summed E-state index contributed by atoms with van der Waals surface area (Å²) in [5.74, 6) is 0.0345. The van der Waals surface area contributed by atoms with Gasteiger partial charge in [-0.15, -0.1) is 0 Å². The molecule has 7 rings (SSSR count). The molecule has 16 nitrogen and oxygen atoms in total. The Morgan fingerprint density at radius 1 is 0.907 bits per heavy atom. The van der Waals surface area contributed by atoms with Crippen molar-refractivity contribution in [1.82, 2.24) is 19.6 Å². The molecular weight excluding hydrogens is 722 g/mol. The molecule has 292 valence electrons. The van der Waals surface area contributed by atoms with Crippen LogP contribution >= 0.6 is 0 Å². The van der Waals surface area contributed by atoms with E-state index in [1.54, 1.807) is 12.1 Å². The van der Waals surface area contributed by atoms with Crippen molar-refractivity contribution in [2.45, 2.75) is 74.9 Å². The van der Waals surface area contributed by atoms with Crippen molar-refractivity contribution in [2.24, 2.45) is 17.8 Å². The van der Waals surface area contributed by atoms with Crippen LogP contribution in [0.25, 0.3) is 11.3 Å². The van der Waals surface area contributed by atoms with Crippen LogP contribution in [-0.2, 0) is 44.9 Å². The van der Waals surface area contributed by atoms with Crippen molar-refractivity contribution in [3.63, 3.8) is 0 Å². The number of aliphatic hydroxyl groups excluding tert-OH is 1. The van der Waals surface area contributed by atoms with Crippen LogP contribution in [0.1, 0.15) is 32.3 Å². The second-order valence-corrected chi connectivity index (χ2v) is 16.4. The molecule has 0 bridgehead atoms. The summed E-state index contributed by atoms with van der Waals surface area (Å²) in [7, 11) is -4.10. The minimum absolute atomic E-state index is 0.00166. The molecule has 2 amide bonds. The molecule has 4 aliphatic heterocycles. The van der Waals surface area contributed by atoms with Crippen molar-refractivity contribution in [3.8, 4) is 11.3 Å². The molecule has 0 saturated carbocycles. The normalized spacial score (nSPS) is 26.0. The molecule has 4 N–H and O–H groups in total. The van der Waals surface area contributed by atoms with Gasteiger partial charge in [0.25, 0.3) is 0 Å². The van der Waals surface area contributed by atoms with E-state index in [0.717, 1.165) is 12.0 Å². The second-order valence-electron chi connectivity index (χ2n) is 14.5. The SMILES string of the molecule is CC(C)CN(C[C@@H](O)[C@H](Cc1ccccc1)NC(=O)O[C@H]1CO[C@H]2OCC[C@H]21)S(=O)(=O)c1ccc(-c2cnc(NC(=O)O[C@H]3CO[C@H]4OCC[C@H]43)[nH]2)cc1. The monoisotopic (exact) mass is 769 g/mol. The Bertz CT molecular complexity index is 1840. The zero-order chi connectivity index (χ0) is 37.8. The summed E-state index contributed by atoms with van der Waals surface area (Å²) in [6.07, 6.45) is -1.09. The first-order valence-electron chi connectivity index (χ1n) is 18.3. The smallest absolute Gasteiger partial charge is 0.414 e. The van der Waals surface area contributed by atoms with E-state index < -0.39 is 52.9 Å². The number of aromatic amines is 1. The molecule has 4 aliphatic rings. The maximum absolute atomic E-state index is 14.1. The number of anilines is 1. The van der Waals surface area contributed by atoms with Gasteiger partial charge in [-0.1, -0.05) is 56.3 Å². The lowest BCUT2D eigenvalue weighted by Crippen LogP contribution is -2.51. The maximum Gasteiger partial charge on any atom is 0.414 e. The number of carbonyl (C=O) groups is 2. The predicted octanol–water partition coefficient (Wildman–Crippen LogP) is 3.49. The number of carbonyl (C=O) groups excluding carboxylic acids is 2. The minimum atomic E-state index is -4.10. The van der Waals surface area contributed by atoms with Gasteiger partial charge in [0, 0.05) is 13.1 Å². The van der Waals surface area contributed by atoms with Crippen LogP contribution in [0.5, 0.6) is 0 Å². The van der Waals surface area contributed by atoms with Gasteiger partial charge in [-0.05, 0) is 48.4 Å². The topological polar surface area (TPSA) is 200 Å². The molecule has 2 aromatic carbocycles. The molecular formula is C37H47N5O11S. The van der Waals surface area contributed by atoms with Crippen LogP contribution in [0.4, 0.5) is 15.5 Å². The van der Waals surface area contributed by atoms with Crippen LogP contribution in [-0.4, -0.2) is 116 Å². The number of hydrogen-bond acceptors (Lipinski definition) is 12. The number of ether oxygens (including phenoxy) is 6. The summed E-state index contributed by atoms with van der Waals surface area (Å²) in [5.41, 5.74) is 2.01. The number of alkyl carbamates (subject to hydrolysis) is 1. The van der Waals surface area contributed by atoms with Crippen molar-refractivity contribution in [1.29, 1.82) is 0 Å². The molecule has 0 radical (unpaired) electrons. The third-order valence-corrected chi connectivity index (χ3v) is 12.0. The van der Waals surface area contributed by atoms with Gasteiger partial charge in [-0.25, -0.2) is 23.0 Å². The number of hydrogen-bond donors (Lipinski definition) is 4. The number of benzene rings is 2. The van der Waals surface area contributed by atoms with E-state index in [1.165, 1.54) is 22.6 Å². The fraction of sp³-hybridized carbons (Fsp3) is 0.541. The number of aliphatic hydroxyl groups is 1. The van der Waals surface area contributed by atoms with E-state index in [4.69, 9.17) is 28.4 Å². The quantitative estimate of drug-likeness (QED) is 0.186. The lowest BCUT2D eigenvalue weighted by atomic mass is 10.0. The van der Waals surface area contributed by atoms with Gasteiger partial charge in [0.2, 0.25) is 16.0 Å². The molecule has 17 heteroatoms. The fourth-order valence-corrected chi connectivity index (χ4v) is 8.96. The Balaban J connectivity index is 1.00. The summed E-state index contributed by atoms with van der Waals surface area (Å²) in [6, 6.07) is 14.7. The standard InChI is InChI=1S/C37H47N5O11S/c1-22(2)18-42(19-30(43)28(16-23-6-4-3-5-7-23)40-36(44)52-31-20-50-33-26(31)12-14-48-33)54(46,47)25-10-8-24(9-11-25)29-17-38-35(39-29)41-37(45)53-32-21-51-34-27(32)13-15-49-34/h3-11,17,22,26-28,30-34,43H,12-16,18-21H2,1-2H3,(H,40,44)(H2,38,39,41,45)/t26-,27-,28-,30+,31-,32-,33+,34+/m0/s1. The average molecular weight is 770 g/mol. The Hall–Kier alpha value is -4.10. The summed E-state index contributed by atoms with van der Waals surface area (Å²) >= 11 is 0. The molecule has 4 saturated heterocycles. The lowest BCUT2D eigenvalue weighted by molar-refractivity contribution is -0.0909. The largest absolute Gasteiger partial charge is 0.443 e. The number of imidazole rings is 1. The molecule has 0 spiro atoms. The number of H-pyrrole nitrogens is 1. The van der Waals surface area contributed by atoms with Gasteiger partial charge in [0.05, 0.1) is 67.2 Å². The number of rotatable bonds is 14. The van der Waals surface area contributed by atoms with Gasteiger partial charge in [-0.3, -0.25) is 5.32 Å². The van der Waals surface area contributed by atoms with E-state index >= 15 is 0 Å². The molecule has 0 aliphatic carbocycles. The highest BCUT2D eigenvalue weighted by molar-refractivity contribution is 7.89. The summed E-state index contributed by atoms with van der Waals surface area (Å²) in [6.45, 7) is 5.20. The lowest BCUT2D eigenvalue weighted by Gasteiger charge is -2.31. The van der Waals surface area contributed by atoms with Crippen LogP contribution < -0.4 is 10.6 Å². The van der Waals surface area contributed by atoms with E-state index in [-0.39, 0.29) is 67.6 Å². The van der Waals surface area contributed by atoms with Crippen molar-refractivity contribution in [2.75, 3.05) is 44.8 Å². The van der Waals surface area contributed by atoms with E-state index in [2.05, 4.69) is 20.6 Å². The Morgan fingerprint density at radius 3 is 2.17 bits per heavy atom. The molecule has 0 unspecified atom stereocenters. The van der Waals surface area contributed by atoms with Gasteiger partial charge in [-0.2, -0.15) is 4.31 Å². The van der Waals surface area contributed by atoms with E-state index in [0.29, 0.717) is 30.9 Å². The molecule has 1 aromatic heterocycles. The van der Waals surface area contributed by atoms with Gasteiger partial charge >= 0.3 is 12.2 Å². The Morgan fingerprint density at radius 2 is 1.54 bits per heavy atom. The highest BCUT2D eigenvalue weighted by Crippen LogP contribution is 2.34. The number of amides is 2. The average Bonchev–Trinajstić information content (AvgIpc) is 3.99. The van der Waals surface area contributed by atoms with Crippen LogP contribution in [0, 0.1) is 17.8 Å². The van der Waals surface area contributed by atoms with Crippen molar-refractivity contribution >= 4 is 28.2 Å². The predicted molar refractivity (Wildman–Crippen MR) is 192 cm³/mol. The first-order valence-corrected chi connectivity index (χ1v) is 19.8. The molecule has 54 heavy (non-hydrogen) atoms. The van der Waals surface area contributed by atoms with Crippen LogP contribution in [0.15, 0.2) is 65.7 Å². The van der Waals surface area contributed by atoms with E-state index in [1.807, 2.05) is 44.2 Å². The first kappa shape index (κ1) is 38.2. The summed E-state index contributed by atoms with van der Waals surface area (Å²) in [4.78, 5) is 33.0. The van der Waals surface area contributed by atoms with E-state index in [9.17, 15) is 23.1 Å². The molecule has 3 aromatic rings. The molecule has 5 heterocycles. The zero-order valence-electron chi connectivity index (χ0n) is 30.2. The fourth-order valence-electron chi connectivity index (χ4n) is 7.33. The van der Waals surface area contributed by atoms with Gasteiger partial charge in [0.1, 0.15) is 12.2 Å². The van der Waals surface area contributed by atoms with Gasteiger partial charge in [0.15, 0.2) is 12.6 Å². The third kappa shape index (κ3) is 8.88. The Labute approximate surface area is 313 Å². The number of aromatic nitrogens is 2. The zero-order valence-corrected chi connectivity index (χ0v) is 31.0. The first-order chi connectivity index (χ1) is 26.0. The number of nitrogens with one attached hydrogen (secondary N) is 3. The number of nitrogens with zero attached hydrogens (tertiary/aromatic N) is 2. The minimum Gasteiger partial charge on any atom is -0.443 e. The summed E-state index contributed by atoms with van der Waals surface area (Å²) in [5, 5.41) is 17.0. The van der Waals surface area contributed by atoms with Crippen LogP contribution in [0.2, 0.25) is 0 Å². The number of sulfonamides is 1. The molecule has 4 fully saturated rings. The van der Waals surface area contributed by atoms with Crippen molar-refractivity contribution < 1.29 is 51.5 Å². The summed E-state index contributed by atoms with van der Waals surface area (Å²) < 4.78 is 62.9. The van der Waals surface area contributed by atoms with Gasteiger partial charge < -0.3 is 43.8 Å². The van der Waals surface area contributed by atoms with Crippen molar-refractivity contribution in [3.05, 3.63) is 66.4 Å². The molecule has 8 atom stereocenters. The highest BCUT2D eigenvalue weighted by Gasteiger charge is 2.45.